The molecule has 26 heavy (non-hydrogen) atoms. The van der Waals surface area contributed by atoms with Gasteiger partial charge in [0.25, 0.3) is 5.91 Å². The van der Waals surface area contributed by atoms with Crippen molar-refractivity contribution < 1.29 is 4.79 Å². The summed E-state index contributed by atoms with van der Waals surface area (Å²) in [5.74, 6) is 0.118. The molecule has 2 aliphatic rings. The number of H-pyrrole nitrogens is 1. The van der Waals surface area contributed by atoms with Gasteiger partial charge in [-0.05, 0) is 49.1 Å². The van der Waals surface area contributed by atoms with Gasteiger partial charge in [-0.15, -0.1) is 0 Å². The lowest BCUT2D eigenvalue weighted by Gasteiger charge is -2.39. The second-order valence-electron chi connectivity index (χ2n) is 7.75. The Balaban J connectivity index is 1.36. The molecule has 2 aromatic carbocycles. The van der Waals surface area contributed by atoms with Crippen molar-refractivity contribution in [3.8, 4) is 0 Å². The summed E-state index contributed by atoms with van der Waals surface area (Å²) in [5.41, 5.74) is 5.81. The second-order valence-corrected chi connectivity index (χ2v) is 7.75. The molecule has 4 heteroatoms. The van der Waals surface area contributed by atoms with Crippen LogP contribution in [0.2, 0.25) is 0 Å². The van der Waals surface area contributed by atoms with Gasteiger partial charge in [0.15, 0.2) is 0 Å². The topological polar surface area (TPSA) is 48.1 Å². The Bertz CT molecular complexity index is 996. The fourth-order valence-corrected chi connectivity index (χ4v) is 4.57. The summed E-state index contributed by atoms with van der Waals surface area (Å²) in [7, 11) is 0. The zero-order chi connectivity index (χ0) is 17.7. The number of hydrogen-bond acceptors (Lipinski definition) is 2. The van der Waals surface area contributed by atoms with Crippen molar-refractivity contribution in [2.45, 2.75) is 25.2 Å². The summed E-state index contributed by atoms with van der Waals surface area (Å²) in [6, 6.07) is 16.8. The van der Waals surface area contributed by atoms with Gasteiger partial charge in [0.1, 0.15) is 5.69 Å². The highest BCUT2D eigenvalue weighted by Gasteiger charge is 2.42. The van der Waals surface area contributed by atoms with Crippen molar-refractivity contribution in [2.24, 2.45) is 0 Å². The van der Waals surface area contributed by atoms with Crippen molar-refractivity contribution in [1.82, 2.24) is 9.88 Å². The Morgan fingerprint density at radius 1 is 1.08 bits per heavy atom. The predicted octanol–water partition coefficient (Wildman–Crippen LogP) is 4.08. The second kappa shape index (κ2) is 5.63. The molecule has 0 radical (unpaired) electrons. The number of nitrogens with zero attached hydrogens (tertiary/aromatic N) is 1. The molecule has 0 aliphatic carbocycles. The van der Waals surface area contributed by atoms with E-state index < -0.39 is 0 Å². The highest BCUT2D eigenvalue weighted by atomic mass is 16.2. The molecule has 4 nitrogen and oxygen atoms in total. The summed E-state index contributed by atoms with van der Waals surface area (Å²) < 4.78 is 0. The molecule has 3 heterocycles. The summed E-state index contributed by atoms with van der Waals surface area (Å²) in [6.07, 6.45) is 2.03. The number of fused-ring (bicyclic) bond motifs is 3. The Hall–Kier alpha value is -2.75. The van der Waals surface area contributed by atoms with E-state index >= 15 is 0 Å². The zero-order valence-electron chi connectivity index (χ0n) is 15.0. The van der Waals surface area contributed by atoms with E-state index in [1.54, 1.807) is 0 Å². The lowest BCUT2D eigenvalue weighted by atomic mass is 9.74. The molecule has 3 aromatic rings. The largest absolute Gasteiger partial charge is 0.384 e. The number of carbonyl (C=O) groups excluding carboxylic acids is 1. The normalized spacial score (nSPS) is 18.1. The number of para-hydroxylation sites is 1. The first kappa shape index (κ1) is 15.5. The standard InChI is InChI=1S/C22H23N3O/c1-15-6-7-16-13-20(24-19(16)12-15)21(26)25-10-8-22(9-11-25)14-23-18-5-3-2-4-17(18)22/h2-7,12-13,23-24H,8-11,14H2,1H3. The maximum Gasteiger partial charge on any atom is 0.270 e. The first-order valence-corrected chi connectivity index (χ1v) is 9.37. The average molecular weight is 345 g/mol. The number of aromatic nitrogens is 1. The Kier molecular flexibility index (Phi) is 3.36. The van der Waals surface area contributed by atoms with E-state index in [1.807, 2.05) is 11.0 Å². The molecule has 132 valence electrons. The maximum absolute atomic E-state index is 13.0. The van der Waals surface area contributed by atoms with Gasteiger partial charge in [0.2, 0.25) is 0 Å². The first-order chi connectivity index (χ1) is 12.6. The number of anilines is 1. The molecule has 0 unspecified atom stereocenters. The van der Waals surface area contributed by atoms with Crippen LogP contribution in [0.15, 0.2) is 48.5 Å². The van der Waals surface area contributed by atoms with Crippen LogP contribution in [0.25, 0.3) is 10.9 Å². The van der Waals surface area contributed by atoms with E-state index in [9.17, 15) is 4.79 Å². The lowest BCUT2D eigenvalue weighted by molar-refractivity contribution is 0.0671. The number of piperidine rings is 1. The number of aryl methyl sites for hydroxylation is 1. The smallest absolute Gasteiger partial charge is 0.270 e. The minimum atomic E-state index is 0.118. The number of hydrogen-bond donors (Lipinski definition) is 2. The van der Waals surface area contributed by atoms with E-state index in [0.29, 0.717) is 5.69 Å². The van der Waals surface area contributed by atoms with Crippen molar-refractivity contribution in [3.63, 3.8) is 0 Å². The van der Waals surface area contributed by atoms with Crippen molar-refractivity contribution in [1.29, 1.82) is 0 Å². The quantitative estimate of drug-likeness (QED) is 0.698. The monoisotopic (exact) mass is 345 g/mol. The minimum Gasteiger partial charge on any atom is -0.384 e. The van der Waals surface area contributed by atoms with Crippen molar-refractivity contribution in [2.75, 3.05) is 25.0 Å². The van der Waals surface area contributed by atoms with Crippen LogP contribution in [0, 0.1) is 6.92 Å². The third-order valence-corrected chi connectivity index (χ3v) is 6.13. The van der Waals surface area contributed by atoms with Gasteiger partial charge in [0, 0.05) is 41.6 Å². The van der Waals surface area contributed by atoms with Crippen LogP contribution >= 0.6 is 0 Å². The van der Waals surface area contributed by atoms with Gasteiger partial charge in [-0.25, -0.2) is 0 Å². The number of rotatable bonds is 1. The van der Waals surface area contributed by atoms with E-state index in [2.05, 4.69) is 59.7 Å². The van der Waals surface area contributed by atoms with Crippen molar-refractivity contribution in [3.05, 3.63) is 65.4 Å². The van der Waals surface area contributed by atoms with E-state index in [0.717, 1.165) is 43.4 Å². The molecule has 1 aromatic heterocycles. The van der Waals surface area contributed by atoms with Gasteiger partial charge in [-0.3, -0.25) is 4.79 Å². The number of benzene rings is 2. The molecule has 0 atom stereocenters. The molecule has 0 saturated carbocycles. The minimum absolute atomic E-state index is 0.118. The van der Waals surface area contributed by atoms with Crippen LogP contribution in [-0.4, -0.2) is 35.4 Å². The molecule has 2 aliphatic heterocycles. The lowest BCUT2D eigenvalue weighted by Crippen LogP contribution is -2.46. The number of likely N-dealkylation sites (tertiary alicyclic amines) is 1. The molecule has 1 spiro atoms. The van der Waals surface area contributed by atoms with Crippen molar-refractivity contribution >= 4 is 22.5 Å². The van der Waals surface area contributed by atoms with E-state index in [-0.39, 0.29) is 11.3 Å². The van der Waals surface area contributed by atoms with Gasteiger partial charge in [0.05, 0.1) is 0 Å². The highest BCUT2D eigenvalue weighted by molar-refractivity contribution is 5.98. The molecule has 1 amide bonds. The molecule has 2 N–H and O–H groups in total. The summed E-state index contributed by atoms with van der Waals surface area (Å²) >= 11 is 0. The summed E-state index contributed by atoms with van der Waals surface area (Å²) in [6.45, 7) is 4.67. The third-order valence-electron chi connectivity index (χ3n) is 6.13. The molecular formula is C22H23N3O. The van der Waals surface area contributed by atoms with E-state index in [1.165, 1.54) is 16.8 Å². The van der Waals surface area contributed by atoms with Crippen LogP contribution in [0.3, 0.4) is 0 Å². The Labute approximate surface area is 153 Å². The Morgan fingerprint density at radius 2 is 1.88 bits per heavy atom. The van der Waals surface area contributed by atoms with Gasteiger partial charge >= 0.3 is 0 Å². The van der Waals surface area contributed by atoms with Crippen LogP contribution in [0.5, 0.6) is 0 Å². The summed E-state index contributed by atoms with van der Waals surface area (Å²) in [4.78, 5) is 18.3. The number of amides is 1. The number of aromatic amines is 1. The zero-order valence-corrected chi connectivity index (χ0v) is 15.0. The predicted molar refractivity (Wildman–Crippen MR) is 105 cm³/mol. The van der Waals surface area contributed by atoms with Crippen LogP contribution < -0.4 is 5.32 Å². The first-order valence-electron chi connectivity index (χ1n) is 9.37. The highest BCUT2D eigenvalue weighted by Crippen LogP contribution is 2.43. The number of carbonyl (C=O) groups is 1. The maximum atomic E-state index is 13.0. The van der Waals surface area contributed by atoms with Gasteiger partial charge in [-0.2, -0.15) is 0 Å². The van der Waals surface area contributed by atoms with E-state index in [4.69, 9.17) is 0 Å². The van der Waals surface area contributed by atoms with Gasteiger partial charge in [-0.1, -0.05) is 30.3 Å². The fraction of sp³-hybridized carbons (Fsp3) is 0.318. The summed E-state index contributed by atoms with van der Waals surface area (Å²) in [5, 5.41) is 4.65. The fourth-order valence-electron chi connectivity index (χ4n) is 4.57. The van der Waals surface area contributed by atoms with Gasteiger partial charge < -0.3 is 15.2 Å². The van der Waals surface area contributed by atoms with Crippen LogP contribution in [0.4, 0.5) is 5.69 Å². The molecule has 0 bridgehead atoms. The molecule has 1 fully saturated rings. The third kappa shape index (κ3) is 2.32. The average Bonchev–Trinajstić information content (AvgIpc) is 3.24. The Morgan fingerprint density at radius 3 is 2.73 bits per heavy atom. The molecular weight excluding hydrogens is 322 g/mol. The molecule has 1 saturated heterocycles. The molecule has 5 rings (SSSR count). The number of nitrogens with one attached hydrogen (secondary N) is 2. The van der Waals surface area contributed by atoms with Crippen LogP contribution in [-0.2, 0) is 5.41 Å². The van der Waals surface area contributed by atoms with Crippen LogP contribution in [0.1, 0.15) is 34.5 Å². The SMILES string of the molecule is Cc1ccc2cc(C(=O)N3CCC4(CC3)CNc3ccccc34)[nH]c2c1.